The van der Waals surface area contributed by atoms with Gasteiger partial charge in [-0.25, -0.2) is 0 Å². The van der Waals surface area contributed by atoms with Crippen LogP contribution in [0.25, 0.3) is 0 Å². The molecule has 2 nitrogen and oxygen atoms in total. The standard InChI is InChI=1S/C12H18N2S/c1-15-10-9-14-8-4-7-13-11-5-2-3-6-12(11)14/h2-3,5-6,13H,4,7-10H2,1H3. The molecule has 1 heterocycles. The van der Waals surface area contributed by atoms with Crippen LogP contribution in [0, 0.1) is 0 Å². The molecular formula is C12H18N2S. The minimum Gasteiger partial charge on any atom is -0.383 e. The van der Waals surface area contributed by atoms with Crippen molar-refractivity contribution in [1.29, 1.82) is 0 Å². The molecule has 0 spiro atoms. The normalized spacial score (nSPS) is 15.4. The summed E-state index contributed by atoms with van der Waals surface area (Å²) < 4.78 is 0. The second-order valence-corrected chi connectivity index (χ2v) is 4.76. The van der Waals surface area contributed by atoms with Gasteiger partial charge < -0.3 is 10.2 Å². The molecule has 1 aliphatic heterocycles. The van der Waals surface area contributed by atoms with Gasteiger partial charge in [0.25, 0.3) is 0 Å². The lowest BCUT2D eigenvalue weighted by atomic mass is 10.2. The van der Waals surface area contributed by atoms with E-state index in [-0.39, 0.29) is 0 Å². The van der Waals surface area contributed by atoms with Crippen molar-refractivity contribution in [3.8, 4) is 0 Å². The van der Waals surface area contributed by atoms with Crippen LogP contribution in [0.2, 0.25) is 0 Å². The molecule has 0 saturated heterocycles. The molecule has 0 atom stereocenters. The monoisotopic (exact) mass is 222 g/mol. The third-order valence-corrected chi connectivity index (χ3v) is 3.32. The van der Waals surface area contributed by atoms with E-state index in [1.54, 1.807) is 0 Å². The Bertz CT molecular complexity index is 314. The van der Waals surface area contributed by atoms with Crippen molar-refractivity contribution in [3.05, 3.63) is 24.3 Å². The maximum atomic E-state index is 3.48. The van der Waals surface area contributed by atoms with Crippen LogP contribution >= 0.6 is 11.8 Å². The SMILES string of the molecule is CSCCN1CCCNc2ccccc21. The Morgan fingerprint density at radius 1 is 1.40 bits per heavy atom. The van der Waals surface area contributed by atoms with Crippen molar-refractivity contribution < 1.29 is 0 Å². The molecule has 0 aliphatic carbocycles. The molecule has 2 rings (SSSR count). The van der Waals surface area contributed by atoms with Gasteiger partial charge in [-0.05, 0) is 24.8 Å². The van der Waals surface area contributed by atoms with Crippen LogP contribution in [0.3, 0.4) is 0 Å². The number of fused-ring (bicyclic) bond motifs is 1. The predicted molar refractivity (Wildman–Crippen MR) is 70.1 cm³/mol. The quantitative estimate of drug-likeness (QED) is 0.846. The highest BCUT2D eigenvalue weighted by atomic mass is 32.2. The first-order chi connectivity index (χ1) is 7.42. The Hall–Kier alpha value is -0.830. The summed E-state index contributed by atoms with van der Waals surface area (Å²) in [5, 5.41) is 3.48. The zero-order chi connectivity index (χ0) is 10.5. The van der Waals surface area contributed by atoms with Gasteiger partial charge >= 0.3 is 0 Å². The topological polar surface area (TPSA) is 15.3 Å². The number of nitrogens with zero attached hydrogens (tertiary/aromatic N) is 1. The number of rotatable bonds is 3. The van der Waals surface area contributed by atoms with Crippen molar-refractivity contribution in [2.45, 2.75) is 6.42 Å². The summed E-state index contributed by atoms with van der Waals surface area (Å²) >= 11 is 1.91. The van der Waals surface area contributed by atoms with Crippen molar-refractivity contribution in [1.82, 2.24) is 0 Å². The van der Waals surface area contributed by atoms with Crippen LogP contribution < -0.4 is 10.2 Å². The van der Waals surface area contributed by atoms with Crippen LogP contribution in [0.4, 0.5) is 11.4 Å². The van der Waals surface area contributed by atoms with Gasteiger partial charge in [0, 0.05) is 25.4 Å². The summed E-state index contributed by atoms with van der Waals surface area (Å²) in [4.78, 5) is 2.49. The van der Waals surface area contributed by atoms with E-state index in [0.717, 1.165) is 13.1 Å². The lowest BCUT2D eigenvalue weighted by Crippen LogP contribution is -2.26. The van der Waals surface area contributed by atoms with Crippen LogP contribution in [0.5, 0.6) is 0 Å². The number of nitrogens with one attached hydrogen (secondary N) is 1. The third kappa shape index (κ3) is 2.59. The first kappa shape index (κ1) is 10.7. The third-order valence-electron chi connectivity index (χ3n) is 2.73. The van der Waals surface area contributed by atoms with Crippen molar-refractivity contribution >= 4 is 23.1 Å². The maximum Gasteiger partial charge on any atom is 0.0602 e. The Balaban J connectivity index is 2.17. The number of thioether (sulfide) groups is 1. The van der Waals surface area contributed by atoms with Gasteiger partial charge in [-0.2, -0.15) is 11.8 Å². The first-order valence-corrected chi connectivity index (χ1v) is 6.88. The average Bonchev–Trinajstić information content (AvgIpc) is 2.49. The van der Waals surface area contributed by atoms with E-state index in [4.69, 9.17) is 0 Å². The summed E-state index contributed by atoms with van der Waals surface area (Å²) in [6.45, 7) is 3.41. The number of para-hydroxylation sites is 2. The summed E-state index contributed by atoms with van der Waals surface area (Å²) in [5.41, 5.74) is 2.65. The predicted octanol–water partition coefficient (Wildman–Crippen LogP) is 2.67. The molecular weight excluding hydrogens is 204 g/mol. The fourth-order valence-electron chi connectivity index (χ4n) is 1.95. The highest BCUT2D eigenvalue weighted by Crippen LogP contribution is 2.27. The minimum atomic E-state index is 1.09. The lowest BCUT2D eigenvalue weighted by Gasteiger charge is -2.23. The molecule has 1 N–H and O–H groups in total. The molecule has 1 aromatic rings. The molecule has 15 heavy (non-hydrogen) atoms. The molecule has 0 radical (unpaired) electrons. The van der Waals surface area contributed by atoms with Crippen molar-refractivity contribution in [2.75, 3.05) is 41.9 Å². The zero-order valence-electron chi connectivity index (χ0n) is 9.20. The zero-order valence-corrected chi connectivity index (χ0v) is 10.0. The van der Waals surface area contributed by atoms with Gasteiger partial charge in [-0.3, -0.25) is 0 Å². The molecule has 82 valence electrons. The van der Waals surface area contributed by atoms with E-state index < -0.39 is 0 Å². The van der Waals surface area contributed by atoms with E-state index in [0.29, 0.717) is 0 Å². The van der Waals surface area contributed by atoms with E-state index in [9.17, 15) is 0 Å². The van der Waals surface area contributed by atoms with Gasteiger partial charge in [0.1, 0.15) is 0 Å². The molecule has 0 bridgehead atoms. The Kier molecular flexibility index (Phi) is 3.78. The first-order valence-electron chi connectivity index (χ1n) is 5.48. The minimum absolute atomic E-state index is 1.09. The van der Waals surface area contributed by atoms with Gasteiger partial charge in [-0.15, -0.1) is 0 Å². The Labute approximate surface area is 96.0 Å². The summed E-state index contributed by atoms with van der Waals surface area (Å²) in [5.74, 6) is 1.20. The number of benzene rings is 1. The van der Waals surface area contributed by atoms with E-state index >= 15 is 0 Å². The molecule has 0 amide bonds. The van der Waals surface area contributed by atoms with Crippen LogP contribution in [-0.4, -0.2) is 31.6 Å². The molecule has 0 unspecified atom stereocenters. The Morgan fingerprint density at radius 2 is 2.27 bits per heavy atom. The molecule has 1 aliphatic rings. The van der Waals surface area contributed by atoms with Crippen molar-refractivity contribution in [2.24, 2.45) is 0 Å². The maximum absolute atomic E-state index is 3.48. The smallest absolute Gasteiger partial charge is 0.0602 e. The highest BCUT2D eigenvalue weighted by molar-refractivity contribution is 7.98. The molecule has 1 aromatic carbocycles. The van der Waals surface area contributed by atoms with E-state index in [1.165, 1.54) is 30.1 Å². The summed E-state index contributed by atoms with van der Waals surface area (Å²) in [6.07, 6.45) is 3.39. The number of anilines is 2. The second-order valence-electron chi connectivity index (χ2n) is 3.78. The Morgan fingerprint density at radius 3 is 3.13 bits per heavy atom. The summed E-state index contributed by atoms with van der Waals surface area (Å²) in [7, 11) is 0. The number of hydrogen-bond donors (Lipinski definition) is 1. The molecule has 0 aromatic heterocycles. The van der Waals surface area contributed by atoms with Crippen molar-refractivity contribution in [3.63, 3.8) is 0 Å². The summed E-state index contributed by atoms with van der Waals surface area (Å²) in [6, 6.07) is 8.61. The molecule has 0 saturated carbocycles. The van der Waals surface area contributed by atoms with Gasteiger partial charge in [-0.1, -0.05) is 12.1 Å². The van der Waals surface area contributed by atoms with E-state index in [2.05, 4.69) is 40.7 Å². The van der Waals surface area contributed by atoms with Gasteiger partial charge in [0.15, 0.2) is 0 Å². The molecule has 0 fully saturated rings. The average molecular weight is 222 g/mol. The fourth-order valence-corrected chi connectivity index (χ4v) is 2.35. The fraction of sp³-hybridized carbons (Fsp3) is 0.500. The number of hydrogen-bond acceptors (Lipinski definition) is 3. The van der Waals surface area contributed by atoms with Gasteiger partial charge in [0.05, 0.1) is 11.4 Å². The second kappa shape index (κ2) is 5.31. The lowest BCUT2D eigenvalue weighted by molar-refractivity contribution is 0.790. The van der Waals surface area contributed by atoms with Crippen LogP contribution in [0.15, 0.2) is 24.3 Å². The highest BCUT2D eigenvalue weighted by Gasteiger charge is 2.13. The van der Waals surface area contributed by atoms with Crippen LogP contribution in [-0.2, 0) is 0 Å². The van der Waals surface area contributed by atoms with Crippen LogP contribution in [0.1, 0.15) is 6.42 Å². The van der Waals surface area contributed by atoms with Gasteiger partial charge in [0.2, 0.25) is 0 Å². The largest absolute Gasteiger partial charge is 0.383 e. The van der Waals surface area contributed by atoms with E-state index in [1.807, 2.05) is 11.8 Å². The molecule has 3 heteroatoms.